The number of para-hydroxylation sites is 1. The minimum Gasteiger partial charge on any atom is -0.489 e. The molecule has 118 valence electrons. The summed E-state index contributed by atoms with van der Waals surface area (Å²) >= 11 is 0. The Morgan fingerprint density at radius 1 is 1.27 bits per heavy atom. The largest absolute Gasteiger partial charge is 0.489 e. The summed E-state index contributed by atoms with van der Waals surface area (Å²) in [6, 6.07) is 9.67. The standard InChI is InChI=1S/C19H25NO2/c1-3-4-5-6-11-17-18(14(2)12-13-20)19(21)15-9-7-8-10-16(15)22-17/h7-10,14,17-18H,3-6,11-12H2,1-2H3. The van der Waals surface area contributed by atoms with Crippen LogP contribution in [0.5, 0.6) is 5.75 Å². The zero-order chi connectivity index (χ0) is 15.9. The Bertz CT molecular complexity index is 547. The van der Waals surface area contributed by atoms with Crippen molar-refractivity contribution in [3.63, 3.8) is 0 Å². The monoisotopic (exact) mass is 299 g/mol. The van der Waals surface area contributed by atoms with Gasteiger partial charge in [-0.25, -0.2) is 0 Å². The molecule has 1 heterocycles. The smallest absolute Gasteiger partial charge is 0.173 e. The van der Waals surface area contributed by atoms with Crippen LogP contribution in [-0.2, 0) is 0 Å². The molecule has 3 nitrogen and oxygen atoms in total. The maximum absolute atomic E-state index is 12.8. The second-order valence-electron chi connectivity index (χ2n) is 6.23. The van der Waals surface area contributed by atoms with Crippen molar-refractivity contribution in [1.82, 2.24) is 0 Å². The van der Waals surface area contributed by atoms with Gasteiger partial charge in [0.05, 0.1) is 17.6 Å². The first-order valence-corrected chi connectivity index (χ1v) is 8.35. The molecule has 0 aliphatic carbocycles. The van der Waals surface area contributed by atoms with Gasteiger partial charge in [0.25, 0.3) is 0 Å². The minimum absolute atomic E-state index is 0.0297. The Morgan fingerprint density at radius 3 is 2.77 bits per heavy atom. The molecule has 0 N–H and O–H groups in total. The lowest BCUT2D eigenvalue weighted by Gasteiger charge is -2.35. The summed E-state index contributed by atoms with van der Waals surface area (Å²) in [4.78, 5) is 12.8. The van der Waals surface area contributed by atoms with Gasteiger partial charge in [-0.2, -0.15) is 5.26 Å². The third-order valence-electron chi connectivity index (χ3n) is 4.50. The van der Waals surface area contributed by atoms with Crippen LogP contribution in [0.3, 0.4) is 0 Å². The highest BCUT2D eigenvalue weighted by Gasteiger charge is 2.39. The van der Waals surface area contributed by atoms with E-state index in [4.69, 9.17) is 10.00 Å². The zero-order valence-electron chi connectivity index (χ0n) is 13.5. The summed E-state index contributed by atoms with van der Waals surface area (Å²) in [5.74, 6) is 0.677. The molecular weight excluding hydrogens is 274 g/mol. The molecule has 3 atom stereocenters. The van der Waals surface area contributed by atoms with E-state index in [1.165, 1.54) is 19.3 Å². The molecule has 1 aromatic carbocycles. The van der Waals surface area contributed by atoms with Crippen molar-refractivity contribution in [3.8, 4) is 11.8 Å². The van der Waals surface area contributed by atoms with E-state index in [9.17, 15) is 4.79 Å². The van der Waals surface area contributed by atoms with Gasteiger partial charge in [-0.05, 0) is 30.9 Å². The lowest BCUT2D eigenvalue weighted by atomic mass is 9.78. The molecule has 1 aliphatic rings. The van der Waals surface area contributed by atoms with E-state index in [1.54, 1.807) is 0 Å². The summed E-state index contributed by atoms with van der Waals surface area (Å²) in [6.07, 6.45) is 5.85. The molecule has 2 rings (SSSR count). The molecule has 0 saturated carbocycles. The maximum Gasteiger partial charge on any atom is 0.173 e. The molecular formula is C19H25NO2. The van der Waals surface area contributed by atoms with Crippen LogP contribution in [0.25, 0.3) is 0 Å². The third kappa shape index (κ3) is 3.68. The number of ether oxygens (including phenoxy) is 1. The van der Waals surface area contributed by atoms with Crippen molar-refractivity contribution in [2.24, 2.45) is 11.8 Å². The first kappa shape index (κ1) is 16.5. The fourth-order valence-corrected chi connectivity index (χ4v) is 3.26. The summed E-state index contributed by atoms with van der Waals surface area (Å²) in [5, 5.41) is 8.98. The maximum atomic E-state index is 12.8. The van der Waals surface area contributed by atoms with Gasteiger partial charge < -0.3 is 4.74 Å². The summed E-state index contributed by atoms with van der Waals surface area (Å²) in [5.41, 5.74) is 0.669. The van der Waals surface area contributed by atoms with E-state index >= 15 is 0 Å². The third-order valence-corrected chi connectivity index (χ3v) is 4.50. The van der Waals surface area contributed by atoms with Crippen molar-refractivity contribution >= 4 is 5.78 Å². The Hall–Kier alpha value is -1.82. The van der Waals surface area contributed by atoms with Gasteiger partial charge in [0, 0.05) is 6.42 Å². The molecule has 0 radical (unpaired) electrons. The number of nitrogens with zero attached hydrogens (tertiary/aromatic N) is 1. The number of hydrogen-bond acceptors (Lipinski definition) is 3. The van der Waals surface area contributed by atoms with E-state index in [2.05, 4.69) is 13.0 Å². The lowest BCUT2D eigenvalue weighted by molar-refractivity contribution is 0.0503. The fraction of sp³-hybridized carbons (Fsp3) is 0.579. The Morgan fingerprint density at radius 2 is 2.05 bits per heavy atom. The van der Waals surface area contributed by atoms with Gasteiger partial charge in [-0.3, -0.25) is 4.79 Å². The quantitative estimate of drug-likeness (QED) is 0.682. The predicted molar refractivity (Wildman–Crippen MR) is 86.8 cm³/mol. The number of Topliss-reactive ketones (excluding diaryl/α,β-unsaturated/α-hetero) is 1. The number of fused-ring (bicyclic) bond motifs is 1. The van der Waals surface area contributed by atoms with E-state index in [0.29, 0.717) is 17.7 Å². The lowest BCUT2D eigenvalue weighted by Crippen LogP contribution is -2.41. The van der Waals surface area contributed by atoms with Crippen molar-refractivity contribution in [2.45, 2.75) is 58.5 Å². The van der Waals surface area contributed by atoms with E-state index < -0.39 is 0 Å². The number of carbonyl (C=O) groups is 1. The zero-order valence-corrected chi connectivity index (χ0v) is 13.5. The number of ketones is 1. The Balaban J connectivity index is 2.17. The average Bonchev–Trinajstić information content (AvgIpc) is 2.52. The summed E-state index contributed by atoms with van der Waals surface area (Å²) < 4.78 is 6.13. The van der Waals surface area contributed by atoms with Crippen LogP contribution < -0.4 is 4.74 Å². The molecule has 0 spiro atoms. The van der Waals surface area contributed by atoms with Crippen molar-refractivity contribution in [2.75, 3.05) is 0 Å². The molecule has 0 fully saturated rings. The van der Waals surface area contributed by atoms with Gasteiger partial charge in [0.15, 0.2) is 5.78 Å². The second kappa shape index (κ2) is 7.98. The highest BCUT2D eigenvalue weighted by Crippen LogP contribution is 2.37. The normalized spacial score (nSPS) is 21.6. The van der Waals surface area contributed by atoms with Crippen LogP contribution in [0.1, 0.15) is 62.7 Å². The number of hydrogen-bond donors (Lipinski definition) is 0. The number of rotatable bonds is 7. The molecule has 0 saturated heterocycles. The van der Waals surface area contributed by atoms with Gasteiger partial charge in [-0.15, -0.1) is 0 Å². The average molecular weight is 299 g/mol. The van der Waals surface area contributed by atoms with Crippen molar-refractivity contribution in [3.05, 3.63) is 29.8 Å². The van der Waals surface area contributed by atoms with Crippen LogP contribution in [-0.4, -0.2) is 11.9 Å². The minimum atomic E-state index is -0.198. The highest BCUT2D eigenvalue weighted by molar-refractivity contribution is 6.01. The van der Waals surface area contributed by atoms with E-state index in [1.807, 2.05) is 31.2 Å². The number of benzene rings is 1. The number of unbranched alkanes of at least 4 members (excludes halogenated alkanes) is 3. The second-order valence-corrected chi connectivity index (χ2v) is 6.23. The van der Waals surface area contributed by atoms with Crippen LogP contribution in [0, 0.1) is 23.2 Å². The SMILES string of the molecule is CCCCCCC1Oc2ccccc2C(=O)C1C(C)CC#N. The van der Waals surface area contributed by atoms with Gasteiger partial charge in [0.2, 0.25) is 0 Å². The van der Waals surface area contributed by atoms with Gasteiger partial charge in [0.1, 0.15) is 11.9 Å². The molecule has 3 heteroatoms. The van der Waals surface area contributed by atoms with Crippen molar-refractivity contribution < 1.29 is 9.53 Å². The Labute approximate surface area is 133 Å². The number of nitriles is 1. The van der Waals surface area contributed by atoms with Crippen LogP contribution >= 0.6 is 0 Å². The Kier molecular flexibility index (Phi) is 6.00. The molecule has 0 bridgehead atoms. The molecule has 22 heavy (non-hydrogen) atoms. The predicted octanol–water partition coefficient (Wildman–Crippen LogP) is 4.77. The summed E-state index contributed by atoms with van der Waals surface area (Å²) in [6.45, 7) is 4.18. The molecule has 0 aromatic heterocycles. The van der Waals surface area contributed by atoms with Crippen LogP contribution in [0.4, 0.5) is 0 Å². The van der Waals surface area contributed by atoms with Crippen molar-refractivity contribution in [1.29, 1.82) is 5.26 Å². The topological polar surface area (TPSA) is 50.1 Å². The first-order valence-electron chi connectivity index (χ1n) is 8.35. The van der Waals surface area contributed by atoms with Crippen LogP contribution in [0.2, 0.25) is 0 Å². The molecule has 3 unspecified atom stereocenters. The molecule has 1 aliphatic heterocycles. The molecule has 1 aromatic rings. The molecule has 0 amide bonds. The van der Waals surface area contributed by atoms with Gasteiger partial charge in [-0.1, -0.05) is 45.2 Å². The fourth-order valence-electron chi connectivity index (χ4n) is 3.26. The summed E-state index contributed by atoms with van der Waals surface area (Å²) in [7, 11) is 0. The first-order chi connectivity index (χ1) is 10.7. The van der Waals surface area contributed by atoms with E-state index in [0.717, 1.165) is 12.8 Å². The number of carbonyl (C=O) groups excluding carboxylic acids is 1. The van der Waals surface area contributed by atoms with Gasteiger partial charge >= 0.3 is 0 Å². The van der Waals surface area contributed by atoms with Crippen LogP contribution in [0.15, 0.2) is 24.3 Å². The highest BCUT2D eigenvalue weighted by atomic mass is 16.5. The van der Waals surface area contributed by atoms with E-state index in [-0.39, 0.29) is 23.7 Å².